The van der Waals surface area contributed by atoms with Gasteiger partial charge in [0.1, 0.15) is 18.0 Å². The van der Waals surface area contributed by atoms with Crippen LogP contribution in [-0.4, -0.2) is 62.3 Å². The number of halogens is 1. The van der Waals surface area contributed by atoms with Gasteiger partial charge in [-0.25, -0.2) is 4.79 Å². The van der Waals surface area contributed by atoms with Gasteiger partial charge in [-0.1, -0.05) is 11.6 Å². The Labute approximate surface area is 193 Å². The van der Waals surface area contributed by atoms with Crippen molar-refractivity contribution in [1.29, 1.82) is 0 Å². The quantitative estimate of drug-likeness (QED) is 0.650. The molecule has 2 aromatic rings. The number of benzene rings is 2. The molecule has 0 aliphatic carbocycles. The Morgan fingerprint density at radius 2 is 1.78 bits per heavy atom. The fourth-order valence-corrected chi connectivity index (χ4v) is 4.19. The van der Waals surface area contributed by atoms with Gasteiger partial charge in [0.05, 0.1) is 6.54 Å². The minimum atomic E-state index is -0.311. The standard InChI is InChI=1S/C24H28ClN3O4/c1-17(29)26(2)19-7-9-21(10-8-19)31-22-11-13-27(14-12-22)15-23-16-28(24(30)32-23)20-5-3-18(25)4-6-20/h3-10,22-23H,11-16H2,1-2H3. The van der Waals surface area contributed by atoms with E-state index >= 15 is 0 Å². The van der Waals surface area contributed by atoms with Crippen LogP contribution in [0.3, 0.4) is 0 Å². The summed E-state index contributed by atoms with van der Waals surface area (Å²) in [4.78, 5) is 29.3. The van der Waals surface area contributed by atoms with E-state index in [0.717, 1.165) is 43.1 Å². The second-order valence-corrected chi connectivity index (χ2v) is 8.72. The lowest BCUT2D eigenvalue weighted by atomic mass is 10.1. The molecule has 0 spiro atoms. The number of hydrogen-bond donors (Lipinski definition) is 0. The van der Waals surface area contributed by atoms with Crippen LogP contribution in [0.5, 0.6) is 5.75 Å². The van der Waals surface area contributed by atoms with Crippen molar-refractivity contribution in [3.63, 3.8) is 0 Å². The minimum Gasteiger partial charge on any atom is -0.490 e. The molecular formula is C24H28ClN3O4. The van der Waals surface area contributed by atoms with Crippen LogP contribution in [0.25, 0.3) is 0 Å². The largest absolute Gasteiger partial charge is 0.490 e. The van der Waals surface area contributed by atoms with Gasteiger partial charge in [-0.3, -0.25) is 14.6 Å². The van der Waals surface area contributed by atoms with E-state index in [1.807, 2.05) is 36.4 Å². The van der Waals surface area contributed by atoms with Crippen molar-refractivity contribution in [2.45, 2.75) is 32.0 Å². The van der Waals surface area contributed by atoms with E-state index in [1.54, 1.807) is 35.9 Å². The number of carbonyl (C=O) groups is 2. The fraction of sp³-hybridized carbons (Fsp3) is 0.417. The van der Waals surface area contributed by atoms with Crippen LogP contribution in [0.1, 0.15) is 19.8 Å². The first-order valence-corrected chi connectivity index (χ1v) is 11.2. The molecule has 8 heteroatoms. The Morgan fingerprint density at radius 3 is 2.41 bits per heavy atom. The Hall–Kier alpha value is -2.77. The summed E-state index contributed by atoms with van der Waals surface area (Å²) < 4.78 is 11.7. The molecule has 0 aromatic heterocycles. The molecule has 0 saturated carbocycles. The molecule has 2 amide bonds. The van der Waals surface area contributed by atoms with E-state index in [4.69, 9.17) is 21.1 Å². The van der Waals surface area contributed by atoms with Crippen LogP contribution in [0, 0.1) is 0 Å². The van der Waals surface area contributed by atoms with Crippen LogP contribution in [-0.2, 0) is 9.53 Å². The summed E-state index contributed by atoms with van der Waals surface area (Å²) in [6.07, 6.45) is 1.52. The monoisotopic (exact) mass is 457 g/mol. The maximum atomic E-state index is 12.3. The second-order valence-electron chi connectivity index (χ2n) is 8.28. The molecule has 2 aliphatic heterocycles. The van der Waals surface area contributed by atoms with Gasteiger partial charge in [0.15, 0.2) is 0 Å². The molecule has 170 valence electrons. The van der Waals surface area contributed by atoms with Gasteiger partial charge >= 0.3 is 6.09 Å². The number of likely N-dealkylation sites (tertiary alicyclic amines) is 1. The lowest BCUT2D eigenvalue weighted by molar-refractivity contribution is -0.116. The Morgan fingerprint density at radius 1 is 1.12 bits per heavy atom. The average molecular weight is 458 g/mol. The number of piperidine rings is 1. The van der Waals surface area contributed by atoms with Gasteiger partial charge in [-0.05, 0) is 61.4 Å². The Bertz CT molecular complexity index is 943. The van der Waals surface area contributed by atoms with Crippen molar-refractivity contribution in [3.05, 3.63) is 53.6 Å². The molecule has 0 N–H and O–H groups in total. The summed E-state index contributed by atoms with van der Waals surface area (Å²) in [5.74, 6) is 0.808. The van der Waals surface area contributed by atoms with E-state index < -0.39 is 0 Å². The van der Waals surface area contributed by atoms with Crippen LogP contribution >= 0.6 is 11.6 Å². The lowest BCUT2D eigenvalue weighted by Crippen LogP contribution is -2.42. The molecule has 1 atom stereocenters. The third-order valence-electron chi connectivity index (χ3n) is 6.01. The molecule has 4 rings (SSSR count). The number of carbonyl (C=O) groups excluding carboxylic acids is 2. The molecular weight excluding hydrogens is 430 g/mol. The first kappa shape index (κ1) is 22.4. The first-order chi connectivity index (χ1) is 15.4. The smallest absolute Gasteiger partial charge is 0.414 e. The van der Waals surface area contributed by atoms with Crippen LogP contribution in [0.2, 0.25) is 5.02 Å². The molecule has 2 saturated heterocycles. The van der Waals surface area contributed by atoms with Gasteiger partial charge in [0.25, 0.3) is 0 Å². The molecule has 0 bridgehead atoms. The zero-order chi connectivity index (χ0) is 22.7. The van der Waals surface area contributed by atoms with Crippen molar-refractivity contribution in [2.75, 3.05) is 43.0 Å². The highest BCUT2D eigenvalue weighted by molar-refractivity contribution is 6.30. The number of hydrogen-bond acceptors (Lipinski definition) is 5. The summed E-state index contributed by atoms with van der Waals surface area (Å²) in [6, 6.07) is 14.8. The SMILES string of the molecule is CC(=O)N(C)c1ccc(OC2CCN(CC3CN(c4ccc(Cl)cc4)C(=O)O3)CC2)cc1. The Balaban J connectivity index is 1.23. The summed E-state index contributed by atoms with van der Waals surface area (Å²) in [5, 5.41) is 0.641. The predicted octanol–water partition coefficient (Wildman–Crippen LogP) is 4.19. The number of nitrogens with zero attached hydrogens (tertiary/aromatic N) is 3. The highest BCUT2D eigenvalue weighted by atomic mass is 35.5. The van der Waals surface area contributed by atoms with Gasteiger partial charge in [0, 0.05) is 50.0 Å². The maximum Gasteiger partial charge on any atom is 0.414 e. The van der Waals surface area contributed by atoms with Gasteiger partial charge in [-0.15, -0.1) is 0 Å². The number of rotatable bonds is 6. The van der Waals surface area contributed by atoms with E-state index in [1.165, 1.54) is 0 Å². The van der Waals surface area contributed by atoms with Crippen LogP contribution < -0.4 is 14.5 Å². The third kappa shape index (κ3) is 5.34. The van der Waals surface area contributed by atoms with Crippen molar-refractivity contribution < 1.29 is 19.1 Å². The number of anilines is 2. The molecule has 2 fully saturated rings. The topological polar surface area (TPSA) is 62.3 Å². The summed E-state index contributed by atoms with van der Waals surface area (Å²) in [7, 11) is 1.75. The molecule has 7 nitrogen and oxygen atoms in total. The normalized spacial score (nSPS) is 19.7. The number of amides is 2. The maximum absolute atomic E-state index is 12.3. The highest BCUT2D eigenvalue weighted by Crippen LogP contribution is 2.26. The number of cyclic esters (lactones) is 1. The summed E-state index contributed by atoms with van der Waals surface area (Å²) in [6.45, 7) is 4.59. The predicted molar refractivity (Wildman–Crippen MR) is 125 cm³/mol. The molecule has 1 unspecified atom stereocenters. The molecule has 0 radical (unpaired) electrons. The highest BCUT2D eigenvalue weighted by Gasteiger charge is 2.34. The molecule has 2 heterocycles. The average Bonchev–Trinajstić information content (AvgIpc) is 3.15. The zero-order valence-corrected chi connectivity index (χ0v) is 19.1. The minimum absolute atomic E-state index is 0.00438. The molecule has 2 aromatic carbocycles. The van der Waals surface area contributed by atoms with Gasteiger partial charge in [-0.2, -0.15) is 0 Å². The molecule has 32 heavy (non-hydrogen) atoms. The van der Waals surface area contributed by atoms with E-state index in [-0.39, 0.29) is 24.2 Å². The number of ether oxygens (including phenoxy) is 2. The van der Waals surface area contributed by atoms with Gasteiger partial charge < -0.3 is 14.4 Å². The van der Waals surface area contributed by atoms with E-state index in [0.29, 0.717) is 18.1 Å². The van der Waals surface area contributed by atoms with E-state index in [2.05, 4.69) is 4.90 Å². The van der Waals surface area contributed by atoms with Crippen molar-refractivity contribution in [3.8, 4) is 5.75 Å². The first-order valence-electron chi connectivity index (χ1n) is 10.9. The second kappa shape index (κ2) is 9.79. The fourth-order valence-electron chi connectivity index (χ4n) is 4.07. The molecule has 2 aliphatic rings. The van der Waals surface area contributed by atoms with Crippen LogP contribution in [0.15, 0.2) is 48.5 Å². The van der Waals surface area contributed by atoms with Gasteiger partial charge in [0.2, 0.25) is 5.91 Å². The van der Waals surface area contributed by atoms with Crippen LogP contribution in [0.4, 0.5) is 16.2 Å². The lowest BCUT2D eigenvalue weighted by Gasteiger charge is -2.33. The van der Waals surface area contributed by atoms with Crippen molar-refractivity contribution in [1.82, 2.24) is 4.90 Å². The van der Waals surface area contributed by atoms with Crippen molar-refractivity contribution in [2.24, 2.45) is 0 Å². The van der Waals surface area contributed by atoms with Crippen molar-refractivity contribution >= 4 is 35.0 Å². The zero-order valence-electron chi connectivity index (χ0n) is 18.4. The summed E-state index contributed by atoms with van der Waals surface area (Å²) >= 11 is 5.94. The third-order valence-corrected chi connectivity index (χ3v) is 6.26. The summed E-state index contributed by atoms with van der Waals surface area (Å²) in [5.41, 5.74) is 1.65. The Kier molecular flexibility index (Phi) is 6.86. The van der Waals surface area contributed by atoms with E-state index in [9.17, 15) is 9.59 Å².